The third kappa shape index (κ3) is 6.95. The molecule has 0 saturated carbocycles. The van der Waals surface area contributed by atoms with Gasteiger partial charge in [0.05, 0.1) is 28.5 Å². The van der Waals surface area contributed by atoms with Crippen LogP contribution in [0.3, 0.4) is 0 Å². The molecule has 0 radical (unpaired) electrons. The van der Waals surface area contributed by atoms with E-state index in [9.17, 15) is 23.1 Å². The van der Waals surface area contributed by atoms with Gasteiger partial charge in [0.25, 0.3) is 0 Å². The quantitative estimate of drug-likeness (QED) is 0.133. The lowest BCUT2D eigenvalue weighted by atomic mass is 10.2. The number of urea groups is 1. The van der Waals surface area contributed by atoms with Crippen LogP contribution in [-0.2, 0) is 19.1 Å². The van der Waals surface area contributed by atoms with Gasteiger partial charge in [0.2, 0.25) is 0 Å². The molecule has 0 spiro atoms. The van der Waals surface area contributed by atoms with Crippen LogP contribution in [0.15, 0.2) is 79.5 Å². The molecule has 0 bridgehead atoms. The molecule has 0 fully saturated rings. The number of amides is 2. The summed E-state index contributed by atoms with van der Waals surface area (Å²) < 4.78 is 41.5. The van der Waals surface area contributed by atoms with Gasteiger partial charge in [0, 0.05) is 46.4 Å². The van der Waals surface area contributed by atoms with Crippen LogP contribution in [-0.4, -0.2) is 42.4 Å². The van der Waals surface area contributed by atoms with Crippen molar-refractivity contribution in [1.29, 1.82) is 0 Å². The number of phenols is 1. The molecule has 4 aromatic heterocycles. The zero-order valence-electron chi connectivity index (χ0n) is 22.7. The molecule has 224 valence electrons. The number of nitrogens with zero attached hydrogens (tertiary/aromatic N) is 5. The van der Waals surface area contributed by atoms with E-state index in [1.807, 2.05) is 29.1 Å². The number of aromatic nitrogens is 5. The number of rotatable bonds is 9. The first-order valence-corrected chi connectivity index (χ1v) is 14.8. The summed E-state index contributed by atoms with van der Waals surface area (Å²) in [5.41, 5.74) is 1.96. The normalized spacial score (nSPS) is 11.5. The second-order valence-corrected chi connectivity index (χ2v) is 11.8. The molecular weight excluding hydrogens is 614 g/mol. The van der Waals surface area contributed by atoms with E-state index in [0.717, 1.165) is 43.2 Å². The molecule has 0 unspecified atom stereocenters. The second kappa shape index (κ2) is 12.3. The first-order valence-electron chi connectivity index (χ1n) is 13.2. The van der Waals surface area contributed by atoms with Gasteiger partial charge in [-0.25, -0.2) is 19.7 Å². The van der Waals surface area contributed by atoms with Crippen molar-refractivity contribution < 1.29 is 23.1 Å². The molecule has 2 amide bonds. The Kier molecular flexibility index (Phi) is 8.13. The molecule has 4 N–H and O–H groups in total. The first-order chi connectivity index (χ1) is 21.2. The van der Waals surface area contributed by atoms with Gasteiger partial charge in [-0.1, -0.05) is 18.2 Å². The van der Waals surface area contributed by atoms with Crippen molar-refractivity contribution in [2.24, 2.45) is 0 Å². The number of anilines is 3. The van der Waals surface area contributed by atoms with Crippen molar-refractivity contribution in [3.63, 3.8) is 0 Å². The van der Waals surface area contributed by atoms with E-state index in [2.05, 4.69) is 36.0 Å². The van der Waals surface area contributed by atoms with E-state index in [1.54, 1.807) is 35.9 Å². The van der Waals surface area contributed by atoms with Crippen LogP contribution < -0.4 is 16.0 Å². The molecule has 0 atom stereocenters. The summed E-state index contributed by atoms with van der Waals surface area (Å²) in [5.74, 6) is 0.921. The van der Waals surface area contributed by atoms with E-state index in [-0.39, 0.29) is 11.4 Å². The highest BCUT2D eigenvalue weighted by molar-refractivity contribution is 7.22. The van der Waals surface area contributed by atoms with Gasteiger partial charge in [-0.15, -0.1) is 22.7 Å². The summed E-state index contributed by atoms with van der Waals surface area (Å²) in [5, 5.41) is 22.6. The molecule has 0 aliphatic carbocycles. The number of nitrogens with one attached hydrogen (secondary N) is 3. The second-order valence-electron chi connectivity index (χ2n) is 9.61. The number of hydrogen-bond acceptors (Lipinski definition) is 9. The van der Waals surface area contributed by atoms with Crippen molar-refractivity contribution in [3.05, 3.63) is 95.5 Å². The summed E-state index contributed by atoms with van der Waals surface area (Å²) in [4.78, 5) is 27.2. The minimum absolute atomic E-state index is 0.0223. The Balaban J connectivity index is 1.04. The van der Waals surface area contributed by atoms with Crippen LogP contribution in [0.4, 0.5) is 34.6 Å². The van der Waals surface area contributed by atoms with E-state index in [1.165, 1.54) is 29.8 Å². The number of hydrogen-bond donors (Lipinski definition) is 4. The minimum atomic E-state index is -4.50. The maximum atomic E-state index is 12.9. The maximum absolute atomic E-state index is 12.9. The van der Waals surface area contributed by atoms with Crippen LogP contribution in [0.2, 0.25) is 0 Å². The molecule has 44 heavy (non-hydrogen) atoms. The van der Waals surface area contributed by atoms with Gasteiger partial charge in [0.1, 0.15) is 17.9 Å². The number of thiazole rings is 1. The van der Waals surface area contributed by atoms with Crippen molar-refractivity contribution >= 4 is 55.6 Å². The molecular formula is C29H23F3N8O2S2. The number of thiophene rings is 1. The highest BCUT2D eigenvalue weighted by atomic mass is 32.1. The Morgan fingerprint density at radius 3 is 2.64 bits per heavy atom. The van der Waals surface area contributed by atoms with E-state index in [4.69, 9.17) is 0 Å². The fourth-order valence-electron chi connectivity index (χ4n) is 4.31. The average Bonchev–Trinajstić information content (AvgIpc) is 3.74. The lowest BCUT2D eigenvalue weighted by molar-refractivity contribution is -0.137. The lowest BCUT2D eigenvalue weighted by Crippen LogP contribution is -2.19. The van der Waals surface area contributed by atoms with Crippen LogP contribution >= 0.6 is 22.7 Å². The standard InChI is InChI=1S/C29H23F3N8O2S2/c30-29(31,32)19-2-1-3-20(10-19)38-27(42)39-28-34-13-22(43-28)8-9-33-26-25-23(35-16-36-26)11-24(44-25)18-12-37-40(15-18)14-17-4-6-21(41)7-5-17/h1-7,10-13,15-16,41H,8-9,14H2,(H,33,35,36)(H2,34,38,39,42). The van der Waals surface area contributed by atoms with Gasteiger partial charge >= 0.3 is 12.2 Å². The largest absolute Gasteiger partial charge is 0.508 e. The number of benzene rings is 2. The molecule has 6 rings (SSSR count). The predicted octanol–water partition coefficient (Wildman–Crippen LogP) is 7.08. The third-order valence-corrected chi connectivity index (χ3v) is 8.55. The monoisotopic (exact) mass is 636 g/mol. The fourth-order valence-corrected chi connectivity index (χ4v) is 6.16. The number of carbonyl (C=O) groups excluding carboxylic acids is 1. The molecule has 0 aliphatic heterocycles. The Hall–Kier alpha value is -5.02. The van der Waals surface area contributed by atoms with Crippen molar-refractivity contribution in [3.8, 4) is 16.2 Å². The Bertz CT molecular complexity index is 1920. The van der Waals surface area contributed by atoms with Gasteiger partial charge < -0.3 is 15.7 Å². The molecule has 6 aromatic rings. The zero-order chi connectivity index (χ0) is 30.7. The van der Waals surface area contributed by atoms with Crippen molar-refractivity contribution in [1.82, 2.24) is 24.7 Å². The van der Waals surface area contributed by atoms with Crippen molar-refractivity contribution in [2.45, 2.75) is 19.1 Å². The number of halogens is 3. The minimum Gasteiger partial charge on any atom is -0.508 e. The van der Waals surface area contributed by atoms with Gasteiger partial charge in [-0.3, -0.25) is 10.00 Å². The van der Waals surface area contributed by atoms with E-state index in [0.29, 0.717) is 30.5 Å². The summed E-state index contributed by atoms with van der Waals surface area (Å²) in [6.07, 6.45) is 3.01. The van der Waals surface area contributed by atoms with Gasteiger partial charge in [0.15, 0.2) is 5.13 Å². The molecule has 2 aromatic carbocycles. The number of alkyl halides is 3. The summed E-state index contributed by atoms with van der Waals surface area (Å²) >= 11 is 2.83. The number of carbonyl (C=O) groups is 1. The lowest BCUT2D eigenvalue weighted by Gasteiger charge is -2.09. The Morgan fingerprint density at radius 2 is 1.82 bits per heavy atom. The Morgan fingerprint density at radius 1 is 0.977 bits per heavy atom. The number of aromatic hydroxyl groups is 1. The third-order valence-electron chi connectivity index (χ3n) is 6.40. The van der Waals surface area contributed by atoms with Crippen LogP contribution in [0.5, 0.6) is 5.75 Å². The number of phenolic OH excluding ortho intramolecular Hbond substituents is 1. The van der Waals surface area contributed by atoms with Gasteiger partial charge in [-0.05, 0) is 42.0 Å². The highest BCUT2D eigenvalue weighted by Crippen LogP contribution is 2.36. The average molecular weight is 637 g/mol. The van der Waals surface area contributed by atoms with Crippen molar-refractivity contribution in [2.75, 3.05) is 22.5 Å². The topological polar surface area (TPSA) is 130 Å². The fraction of sp³-hybridized carbons (Fsp3) is 0.138. The van der Waals surface area contributed by atoms with E-state index < -0.39 is 17.8 Å². The van der Waals surface area contributed by atoms with Crippen LogP contribution in [0.1, 0.15) is 16.0 Å². The molecule has 15 heteroatoms. The first kappa shape index (κ1) is 29.1. The summed E-state index contributed by atoms with van der Waals surface area (Å²) in [6, 6.07) is 12.7. The number of fused-ring (bicyclic) bond motifs is 1. The zero-order valence-corrected chi connectivity index (χ0v) is 24.3. The summed E-state index contributed by atoms with van der Waals surface area (Å²) in [7, 11) is 0. The highest BCUT2D eigenvalue weighted by Gasteiger charge is 2.30. The maximum Gasteiger partial charge on any atom is 0.416 e. The molecule has 0 saturated heterocycles. The Labute approximate surface area is 256 Å². The van der Waals surface area contributed by atoms with E-state index >= 15 is 0 Å². The molecule has 0 aliphatic rings. The molecule has 4 heterocycles. The smallest absolute Gasteiger partial charge is 0.416 e. The SMILES string of the molecule is O=C(Nc1cccc(C(F)(F)F)c1)Nc1ncc(CCNc2ncnc3cc(-c4cnn(Cc5ccc(O)cc5)c4)sc23)s1. The van der Waals surface area contributed by atoms with Gasteiger partial charge in [-0.2, -0.15) is 18.3 Å². The van der Waals surface area contributed by atoms with Crippen LogP contribution in [0.25, 0.3) is 20.7 Å². The van der Waals surface area contributed by atoms with Crippen LogP contribution in [0, 0.1) is 0 Å². The molecule has 10 nitrogen and oxygen atoms in total. The summed E-state index contributed by atoms with van der Waals surface area (Å²) in [6.45, 7) is 1.12. The predicted molar refractivity (Wildman–Crippen MR) is 164 cm³/mol.